The Kier molecular flexibility index (Phi) is 2.50. The van der Waals surface area contributed by atoms with Crippen LogP contribution in [0.2, 0.25) is 0 Å². The van der Waals surface area contributed by atoms with E-state index in [9.17, 15) is 0 Å². The molecule has 86 valence electrons. The second-order valence-corrected chi connectivity index (χ2v) is 3.99. The summed E-state index contributed by atoms with van der Waals surface area (Å²) in [7, 11) is 0. The van der Waals surface area contributed by atoms with E-state index in [1.54, 1.807) is 10.9 Å². The van der Waals surface area contributed by atoms with Crippen molar-refractivity contribution in [3.05, 3.63) is 59.7 Å². The van der Waals surface area contributed by atoms with Crippen molar-refractivity contribution in [3.63, 3.8) is 0 Å². The van der Waals surface area contributed by atoms with Crippen molar-refractivity contribution in [2.75, 3.05) is 0 Å². The van der Waals surface area contributed by atoms with Crippen molar-refractivity contribution in [2.24, 2.45) is 0 Å². The first-order chi connectivity index (χ1) is 8.86. The van der Waals surface area contributed by atoms with Crippen LogP contribution in [0.5, 0.6) is 0 Å². The maximum Gasteiger partial charge on any atom is 0.113 e. The summed E-state index contributed by atoms with van der Waals surface area (Å²) >= 11 is 0. The third-order valence-electron chi connectivity index (χ3n) is 2.78. The molecular formula is C14H10N4. The summed E-state index contributed by atoms with van der Waals surface area (Å²) in [5, 5.41) is 17.8. The minimum absolute atomic E-state index is 0.512. The Labute approximate surface area is 104 Å². The van der Waals surface area contributed by atoms with E-state index in [2.05, 4.69) is 16.3 Å². The molecule has 0 atom stereocenters. The molecule has 0 amide bonds. The number of nitriles is 1. The van der Waals surface area contributed by atoms with Crippen molar-refractivity contribution in [1.82, 2.24) is 15.0 Å². The molecule has 1 heterocycles. The lowest BCUT2D eigenvalue weighted by Gasteiger charge is -2.01. The molecule has 0 aliphatic heterocycles. The molecule has 1 aromatic heterocycles. The van der Waals surface area contributed by atoms with E-state index >= 15 is 0 Å². The van der Waals surface area contributed by atoms with E-state index in [4.69, 9.17) is 5.26 Å². The second-order valence-electron chi connectivity index (χ2n) is 3.99. The largest absolute Gasteiger partial charge is 0.192 e. The van der Waals surface area contributed by atoms with Crippen LogP contribution in [-0.2, 0) is 6.54 Å². The molecule has 0 radical (unpaired) electrons. The minimum Gasteiger partial charge on any atom is -0.192 e. The molecule has 0 aliphatic carbocycles. The lowest BCUT2D eigenvalue weighted by molar-refractivity contribution is 0.599. The van der Waals surface area contributed by atoms with Crippen molar-refractivity contribution in [3.8, 4) is 6.07 Å². The lowest BCUT2D eigenvalue weighted by Crippen LogP contribution is -2.05. The lowest BCUT2D eigenvalue weighted by atomic mass is 10.1. The predicted molar refractivity (Wildman–Crippen MR) is 67.8 cm³/mol. The molecule has 4 heteroatoms. The number of benzene rings is 2. The van der Waals surface area contributed by atoms with Gasteiger partial charge in [-0.2, -0.15) is 20.3 Å². The number of hydrogen-bond acceptors (Lipinski definition) is 3. The zero-order valence-corrected chi connectivity index (χ0v) is 9.61. The quantitative estimate of drug-likeness (QED) is 0.684. The van der Waals surface area contributed by atoms with Gasteiger partial charge < -0.3 is 0 Å². The van der Waals surface area contributed by atoms with Crippen LogP contribution in [0.4, 0.5) is 0 Å². The van der Waals surface area contributed by atoms with Gasteiger partial charge in [-0.3, -0.25) is 0 Å². The number of aromatic nitrogens is 3. The summed E-state index contributed by atoms with van der Waals surface area (Å²) in [5.41, 5.74) is 3.33. The van der Waals surface area contributed by atoms with Gasteiger partial charge in [-0.25, -0.2) is 0 Å². The second kappa shape index (κ2) is 4.30. The van der Waals surface area contributed by atoms with Gasteiger partial charge in [0.25, 0.3) is 0 Å². The molecule has 0 fully saturated rings. The average Bonchev–Trinajstić information content (AvgIpc) is 2.81. The Bertz CT molecular complexity index is 704. The normalized spacial score (nSPS) is 10.4. The predicted octanol–water partition coefficient (Wildman–Crippen LogP) is 2.35. The molecular weight excluding hydrogens is 224 g/mol. The van der Waals surface area contributed by atoms with Crippen LogP contribution in [0.3, 0.4) is 0 Å². The van der Waals surface area contributed by atoms with E-state index in [0.717, 1.165) is 16.6 Å². The van der Waals surface area contributed by atoms with E-state index in [1.807, 2.05) is 42.5 Å². The Hall–Kier alpha value is -2.67. The van der Waals surface area contributed by atoms with Crippen LogP contribution in [0, 0.1) is 11.3 Å². The van der Waals surface area contributed by atoms with Crippen molar-refractivity contribution < 1.29 is 0 Å². The summed E-state index contributed by atoms with van der Waals surface area (Å²) in [6.45, 7) is 0.512. The molecule has 0 N–H and O–H groups in total. The van der Waals surface area contributed by atoms with Gasteiger partial charge in [0, 0.05) is 0 Å². The molecule has 0 aliphatic rings. The standard InChI is InChI=1S/C14H10N4/c15-9-11-5-1-2-6-12(11)10-18-16-13-7-3-4-8-14(13)17-18/h1-8H,10H2. The first kappa shape index (κ1) is 10.5. The van der Waals surface area contributed by atoms with Crippen LogP contribution in [-0.4, -0.2) is 15.0 Å². The maximum absolute atomic E-state index is 9.04. The zero-order valence-electron chi connectivity index (χ0n) is 9.61. The van der Waals surface area contributed by atoms with Crippen LogP contribution in [0.25, 0.3) is 11.0 Å². The van der Waals surface area contributed by atoms with Gasteiger partial charge in [0.1, 0.15) is 11.0 Å². The molecule has 0 spiro atoms. The molecule has 2 aromatic carbocycles. The summed E-state index contributed by atoms with van der Waals surface area (Å²) in [4.78, 5) is 1.63. The van der Waals surface area contributed by atoms with Gasteiger partial charge in [-0.15, -0.1) is 0 Å². The first-order valence-corrected chi connectivity index (χ1v) is 5.65. The third-order valence-corrected chi connectivity index (χ3v) is 2.78. The van der Waals surface area contributed by atoms with Crippen molar-refractivity contribution >= 4 is 11.0 Å². The Morgan fingerprint density at radius 2 is 1.56 bits per heavy atom. The molecule has 18 heavy (non-hydrogen) atoms. The number of nitrogens with zero attached hydrogens (tertiary/aromatic N) is 4. The van der Waals surface area contributed by atoms with Crippen LogP contribution in [0.15, 0.2) is 48.5 Å². The summed E-state index contributed by atoms with van der Waals surface area (Å²) in [6.07, 6.45) is 0. The van der Waals surface area contributed by atoms with Gasteiger partial charge in [0.15, 0.2) is 0 Å². The fourth-order valence-electron chi connectivity index (χ4n) is 1.89. The summed E-state index contributed by atoms with van der Waals surface area (Å²) in [5.74, 6) is 0. The van der Waals surface area contributed by atoms with E-state index < -0.39 is 0 Å². The smallest absolute Gasteiger partial charge is 0.113 e. The molecule has 0 saturated carbocycles. The highest BCUT2D eigenvalue weighted by atomic mass is 15.5. The van der Waals surface area contributed by atoms with E-state index in [1.165, 1.54) is 0 Å². The molecule has 0 unspecified atom stereocenters. The van der Waals surface area contributed by atoms with E-state index in [-0.39, 0.29) is 0 Å². The zero-order chi connectivity index (χ0) is 12.4. The van der Waals surface area contributed by atoms with Crippen LogP contribution in [0.1, 0.15) is 11.1 Å². The van der Waals surface area contributed by atoms with Gasteiger partial charge in [0.05, 0.1) is 18.2 Å². The molecule has 3 rings (SSSR count). The van der Waals surface area contributed by atoms with Gasteiger partial charge in [0.2, 0.25) is 0 Å². The Balaban J connectivity index is 1.99. The highest BCUT2D eigenvalue weighted by Gasteiger charge is 2.05. The SMILES string of the molecule is N#Cc1ccccc1Cn1nc2ccccc2n1. The van der Waals surface area contributed by atoms with Crippen LogP contribution < -0.4 is 0 Å². The van der Waals surface area contributed by atoms with Gasteiger partial charge >= 0.3 is 0 Å². The van der Waals surface area contributed by atoms with E-state index in [0.29, 0.717) is 12.1 Å². The fraction of sp³-hybridized carbons (Fsp3) is 0.0714. The highest BCUT2D eigenvalue weighted by molar-refractivity contribution is 5.72. The van der Waals surface area contributed by atoms with Crippen molar-refractivity contribution in [1.29, 1.82) is 5.26 Å². The van der Waals surface area contributed by atoms with Gasteiger partial charge in [-0.1, -0.05) is 30.3 Å². The summed E-state index contributed by atoms with van der Waals surface area (Å²) in [6, 6.07) is 17.4. The number of hydrogen-bond donors (Lipinski definition) is 0. The molecule has 3 aromatic rings. The van der Waals surface area contributed by atoms with Crippen molar-refractivity contribution in [2.45, 2.75) is 6.54 Å². The highest BCUT2D eigenvalue weighted by Crippen LogP contribution is 2.11. The Morgan fingerprint density at radius 3 is 2.22 bits per heavy atom. The third kappa shape index (κ3) is 1.82. The number of fused-ring (bicyclic) bond motifs is 1. The van der Waals surface area contributed by atoms with Crippen LogP contribution >= 0.6 is 0 Å². The topological polar surface area (TPSA) is 54.5 Å². The van der Waals surface area contributed by atoms with Gasteiger partial charge in [-0.05, 0) is 23.8 Å². The summed E-state index contributed by atoms with van der Waals surface area (Å²) < 4.78 is 0. The Morgan fingerprint density at radius 1 is 0.944 bits per heavy atom. The minimum atomic E-state index is 0.512. The molecule has 0 saturated heterocycles. The fourth-order valence-corrected chi connectivity index (χ4v) is 1.89. The average molecular weight is 234 g/mol. The maximum atomic E-state index is 9.04. The number of rotatable bonds is 2. The molecule has 0 bridgehead atoms. The first-order valence-electron chi connectivity index (χ1n) is 5.65. The monoisotopic (exact) mass is 234 g/mol. The molecule has 4 nitrogen and oxygen atoms in total.